The van der Waals surface area contributed by atoms with Gasteiger partial charge < -0.3 is 10.1 Å². The third-order valence-corrected chi connectivity index (χ3v) is 5.05. The van der Waals surface area contributed by atoms with Gasteiger partial charge in [-0.3, -0.25) is 4.90 Å². The number of hydrogen-bond acceptors (Lipinski definition) is 3. The average molecular weight is 352 g/mol. The van der Waals surface area contributed by atoms with Crippen LogP contribution in [0, 0.1) is 0 Å². The van der Waals surface area contributed by atoms with Crippen LogP contribution in [0.1, 0.15) is 36.8 Å². The van der Waals surface area contributed by atoms with Gasteiger partial charge in [0.25, 0.3) is 0 Å². The fourth-order valence-electron chi connectivity index (χ4n) is 3.72. The van der Waals surface area contributed by atoms with Gasteiger partial charge in [-0.25, -0.2) is 4.79 Å². The third kappa shape index (κ3) is 5.33. The van der Waals surface area contributed by atoms with Gasteiger partial charge in [0, 0.05) is 32.6 Å². The van der Waals surface area contributed by atoms with E-state index in [1.807, 2.05) is 0 Å². The van der Waals surface area contributed by atoms with Crippen LogP contribution < -0.4 is 5.32 Å². The molecule has 0 aliphatic heterocycles. The molecule has 2 atom stereocenters. The zero-order chi connectivity index (χ0) is 18.2. The van der Waals surface area contributed by atoms with Gasteiger partial charge in [0.05, 0.1) is 0 Å². The summed E-state index contributed by atoms with van der Waals surface area (Å²) in [6, 6.07) is 21.6. The molecule has 2 aromatic rings. The molecule has 26 heavy (non-hydrogen) atoms. The molecule has 0 radical (unpaired) electrons. The monoisotopic (exact) mass is 352 g/mol. The highest BCUT2D eigenvalue weighted by atomic mass is 16.6. The first-order valence-electron chi connectivity index (χ1n) is 9.45. The van der Waals surface area contributed by atoms with Gasteiger partial charge >= 0.3 is 6.09 Å². The van der Waals surface area contributed by atoms with Crippen molar-refractivity contribution in [1.82, 2.24) is 10.2 Å². The van der Waals surface area contributed by atoms with E-state index < -0.39 is 0 Å². The van der Waals surface area contributed by atoms with Crippen LogP contribution in [-0.4, -0.2) is 30.2 Å². The molecule has 0 bridgehead atoms. The molecule has 1 aliphatic carbocycles. The number of amides is 1. The minimum absolute atomic E-state index is 0.00254. The van der Waals surface area contributed by atoms with Crippen LogP contribution in [0.25, 0.3) is 0 Å². The van der Waals surface area contributed by atoms with Crippen molar-refractivity contribution < 1.29 is 9.53 Å². The molecule has 138 valence electrons. The van der Waals surface area contributed by atoms with Crippen molar-refractivity contribution in [3.63, 3.8) is 0 Å². The summed E-state index contributed by atoms with van der Waals surface area (Å²) in [5, 5.41) is 2.56. The average Bonchev–Trinajstić information content (AvgIpc) is 2.69. The van der Waals surface area contributed by atoms with Gasteiger partial charge in [0.2, 0.25) is 0 Å². The van der Waals surface area contributed by atoms with E-state index in [9.17, 15) is 4.79 Å². The van der Waals surface area contributed by atoms with Crippen molar-refractivity contribution >= 4 is 6.09 Å². The molecular formula is C22H28N2O2. The lowest BCUT2D eigenvalue weighted by Gasteiger charge is -2.37. The Hall–Kier alpha value is -2.33. The number of hydrogen-bond donors (Lipinski definition) is 1. The molecule has 3 rings (SSSR count). The minimum atomic E-state index is -0.326. The quantitative estimate of drug-likeness (QED) is 0.840. The van der Waals surface area contributed by atoms with E-state index >= 15 is 0 Å². The second kappa shape index (κ2) is 9.39. The lowest BCUT2D eigenvalue weighted by molar-refractivity contribution is 0.0343. The molecule has 0 heterocycles. The summed E-state index contributed by atoms with van der Waals surface area (Å²) in [6.07, 6.45) is 3.76. The molecule has 0 unspecified atom stereocenters. The number of nitrogens with one attached hydrogen (secondary N) is 1. The Morgan fingerprint density at radius 3 is 2.12 bits per heavy atom. The van der Waals surface area contributed by atoms with Crippen molar-refractivity contribution in [1.29, 1.82) is 0 Å². The first kappa shape index (κ1) is 18.5. The highest BCUT2D eigenvalue weighted by Gasteiger charge is 2.29. The topological polar surface area (TPSA) is 41.6 Å². The summed E-state index contributed by atoms with van der Waals surface area (Å²) in [7, 11) is 1.61. The number of ether oxygens (including phenoxy) is 1. The molecule has 2 aromatic carbocycles. The second-order valence-corrected chi connectivity index (χ2v) is 6.97. The number of alkyl carbamates (subject to hydrolysis) is 1. The molecule has 0 spiro atoms. The fraction of sp³-hybridized carbons (Fsp3) is 0.409. The zero-order valence-electron chi connectivity index (χ0n) is 15.4. The van der Waals surface area contributed by atoms with Gasteiger partial charge in [-0.1, -0.05) is 60.7 Å². The summed E-state index contributed by atoms with van der Waals surface area (Å²) in [4.78, 5) is 14.1. The highest BCUT2D eigenvalue weighted by molar-refractivity contribution is 5.66. The van der Waals surface area contributed by atoms with Gasteiger partial charge in [0.1, 0.15) is 6.10 Å². The summed E-state index contributed by atoms with van der Waals surface area (Å²) in [5.41, 5.74) is 2.63. The molecule has 4 heteroatoms. The van der Waals surface area contributed by atoms with Crippen molar-refractivity contribution in [2.45, 2.75) is 50.9 Å². The smallest absolute Gasteiger partial charge is 0.407 e. The van der Waals surface area contributed by atoms with E-state index in [1.54, 1.807) is 7.05 Å². The van der Waals surface area contributed by atoms with E-state index in [0.29, 0.717) is 6.04 Å². The van der Waals surface area contributed by atoms with Gasteiger partial charge in [-0.05, 0) is 30.4 Å². The van der Waals surface area contributed by atoms with Gasteiger partial charge in [0.15, 0.2) is 0 Å². The molecule has 1 aliphatic rings. The molecule has 4 nitrogen and oxygen atoms in total. The number of nitrogens with zero attached hydrogens (tertiary/aromatic N) is 1. The maximum atomic E-state index is 11.6. The lowest BCUT2D eigenvalue weighted by Crippen LogP contribution is -2.41. The van der Waals surface area contributed by atoms with Crippen LogP contribution in [0.5, 0.6) is 0 Å². The van der Waals surface area contributed by atoms with E-state index in [0.717, 1.165) is 38.8 Å². The number of carbonyl (C=O) groups is 1. The predicted molar refractivity (Wildman–Crippen MR) is 104 cm³/mol. The third-order valence-electron chi connectivity index (χ3n) is 5.05. The zero-order valence-corrected chi connectivity index (χ0v) is 15.4. The fourth-order valence-corrected chi connectivity index (χ4v) is 3.72. The van der Waals surface area contributed by atoms with E-state index in [4.69, 9.17) is 4.74 Å². The van der Waals surface area contributed by atoms with Crippen molar-refractivity contribution in [3.05, 3.63) is 71.8 Å². The summed E-state index contributed by atoms with van der Waals surface area (Å²) in [6.45, 7) is 1.82. The summed E-state index contributed by atoms with van der Waals surface area (Å²) in [5.74, 6) is 0. The Bertz CT molecular complexity index is 634. The highest BCUT2D eigenvalue weighted by Crippen LogP contribution is 2.28. The minimum Gasteiger partial charge on any atom is -0.446 e. The molecule has 0 aromatic heterocycles. The Morgan fingerprint density at radius 2 is 1.58 bits per heavy atom. The number of carbonyl (C=O) groups excluding carboxylic acids is 1. The van der Waals surface area contributed by atoms with E-state index in [1.165, 1.54) is 11.1 Å². The van der Waals surface area contributed by atoms with Crippen molar-refractivity contribution in [2.24, 2.45) is 0 Å². The van der Waals surface area contributed by atoms with Crippen LogP contribution in [0.15, 0.2) is 60.7 Å². The Balaban J connectivity index is 1.72. The maximum Gasteiger partial charge on any atom is 0.407 e. The second-order valence-electron chi connectivity index (χ2n) is 6.97. The van der Waals surface area contributed by atoms with Crippen LogP contribution in [0.4, 0.5) is 4.79 Å². The first-order chi connectivity index (χ1) is 12.7. The van der Waals surface area contributed by atoms with Crippen LogP contribution in [-0.2, 0) is 17.8 Å². The predicted octanol–water partition coefficient (Wildman–Crippen LogP) is 4.36. The normalized spacial score (nSPS) is 19.9. The Labute approximate surface area is 156 Å². The standard InChI is InChI=1S/C22H28N2O2/c1-23-22(25)26-21-14-8-13-20(15-21)24(16-18-9-4-2-5-10-18)17-19-11-6-3-7-12-19/h2-7,9-12,20-21H,8,13-17H2,1H3,(H,23,25)/t20-,21+/m0/s1. The van der Waals surface area contributed by atoms with Crippen molar-refractivity contribution in [3.8, 4) is 0 Å². The van der Waals surface area contributed by atoms with E-state index in [2.05, 4.69) is 70.9 Å². The maximum absolute atomic E-state index is 11.6. The van der Waals surface area contributed by atoms with E-state index in [-0.39, 0.29) is 12.2 Å². The molecule has 1 saturated carbocycles. The molecule has 1 fully saturated rings. The molecule has 1 amide bonds. The van der Waals surface area contributed by atoms with Crippen LogP contribution in [0.3, 0.4) is 0 Å². The lowest BCUT2D eigenvalue weighted by atomic mass is 9.91. The molecular weight excluding hydrogens is 324 g/mol. The Kier molecular flexibility index (Phi) is 6.67. The van der Waals surface area contributed by atoms with Gasteiger partial charge in [-0.15, -0.1) is 0 Å². The van der Waals surface area contributed by atoms with Gasteiger partial charge in [-0.2, -0.15) is 0 Å². The van der Waals surface area contributed by atoms with Crippen LogP contribution >= 0.6 is 0 Å². The molecule has 0 saturated heterocycles. The van der Waals surface area contributed by atoms with Crippen molar-refractivity contribution in [2.75, 3.05) is 7.05 Å². The largest absolute Gasteiger partial charge is 0.446 e. The number of benzene rings is 2. The van der Waals surface area contributed by atoms with Crippen LogP contribution in [0.2, 0.25) is 0 Å². The molecule has 1 N–H and O–H groups in total. The first-order valence-corrected chi connectivity index (χ1v) is 9.45. The summed E-state index contributed by atoms with van der Waals surface area (Å²) < 4.78 is 5.54. The number of rotatable bonds is 6. The SMILES string of the molecule is CNC(=O)O[C@@H]1CCC[C@H](N(Cc2ccccc2)Cc2ccccc2)C1. The Morgan fingerprint density at radius 1 is 1.00 bits per heavy atom. The summed E-state index contributed by atoms with van der Waals surface area (Å²) >= 11 is 0.